The van der Waals surface area contributed by atoms with Gasteiger partial charge in [-0.05, 0) is 44.0 Å². The summed E-state index contributed by atoms with van der Waals surface area (Å²) < 4.78 is 0. The van der Waals surface area contributed by atoms with E-state index in [2.05, 4.69) is 27.3 Å². The number of nitrogens with one attached hydrogen (secondary N) is 4. The summed E-state index contributed by atoms with van der Waals surface area (Å²) in [6.45, 7) is 2.39. The Bertz CT molecular complexity index is 623. The minimum Gasteiger partial charge on any atom is -0.348 e. The molecule has 0 unspecified atom stereocenters. The summed E-state index contributed by atoms with van der Waals surface area (Å²) in [6, 6.07) is 7.07. The molecule has 3 rings (SSSR count). The fourth-order valence-corrected chi connectivity index (χ4v) is 2.44. The molecule has 4 N–H and O–H groups in total. The van der Waals surface area contributed by atoms with Crippen LogP contribution in [0, 0.1) is 0 Å². The molecule has 1 aliphatic heterocycles. The van der Waals surface area contributed by atoms with Crippen LogP contribution < -0.4 is 21.3 Å². The lowest BCUT2D eigenvalue weighted by atomic mass is 10.1. The lowest BCUT2D eigenvalue weighted by molar-refractivity contribution is 0.0956. The number of hydrogen-bond acceptors (Lipinski definition) is 3. The Morgan fingerprint density at radius 2 is 2.13 bits per heavy atom. The monoisotopic (exact) mass is 314 g/mol. The Morgan fingerprint density at radius 1 is 1.26 bits per heavy atom. The number of amides is 3. The van der Waals surface area contributed by atoms with Gasteiger partial charge < -0.3 is 21.3 Å². The molecule has 2 aliphatic rings. The van der Waals surface area contributed by atoms with Crippen LogP contribution in [0.3, 0.4) is 0 Å². The molecule has 6 heteroatoms. The van der Waals surface area contributed by atoms with Gasteiger partial charge in [0.1, 0.15) is 0 Å². The maximum absolute atomic E-state index is 12.2. The molecule has 122 valence electrons. The Labute approximate surface area is 135 Å². The van der Waals surface area contributed by atoms with Crippen molar-refractivity contribution < 1.29 is 9.59 Å². The van der Waals surface area contributed by atoms with E-state index in [1.807, 2.05) is 0 Å². The fourth-order valence-electron chi connectivity index (χ4n) is 2.44. The molecule has 1 heterocycles. The van der Waals surface area contributed by atoms with Crippen molar-refractivity contribution in [2.75, 3.05) is 25.0 Å². The molecule has 1 saturated carbocycles. The van der Waals surface area contributed by atoms with Crippen molar-refractivity contribution in [1.82, 2.24) is 16.0 Å². The van der Waals surface area contributed by atoms with Crippen LogP contribution in [0.2, 0.25) is 0 Å². The summed E-state index contributed by atoms with van der Waals surface area (Å²) in [7, 11) is 0. The van der Waals surface area contributed by atoms with Gasteiger partial charge in [0.2, 0.25) is 0 Å². The highest BCUT2D eigenvalue weighted by atomic mass is 16.2. The van der Waals surface area contributed by atoms with E-state index < -0.39 is 0 Å². The number of carbonyl (C=O) groups is 2. The van der Waals surface area contributed by atoms with Gasteiger partial charge in [-0.15, -0.1) is 0 Å². The molecular formula is C17H22N4O2. The fraction of sp³-hybridized carbons (Fsp3) is 0.412. The van der Waals surface area contributed by atoms with E-state index in [9.17, 15) is 9.59 Å². The topological polar surface area (TPSA) is 82.3 Å². The summed E-state index contributed by atoms with van der Waals surface area (Å²) in [4.78, 5) is 24.0. The van der Waals surface area contributed by atoms with Crippen LogP contribution in [0.25, 0.3) is 0 Å². The van der Waals surface area contributed by atoms with Gasteiger partial charge >= 0.3 is 6.03 Å². The highest BCUT2D eigenvalue weighted by Crippen LogP contribution is 2.19. The van der Waals surface area contributed by atoms with E-state index >= 15 is 0 Å². The normalized spacial score (nSPS) is 17.1. The molecule has 0 saturated heterocycles. The van der Waals surface area contributed by atoms with Gasteiger partial charge in [-0.3, -0.25) is 4.79 Å². The molecule has 0 bridgehead atoms. The molecule has 0 spiro atoms. The Hall–Kier alpha value is -2.34. The predicted molar refractivity (Wildman–Crippen MR) is 89.5 cm³/mol. The number of carbonyl (C=O) groups excluding carboxylic acids is 2. The van der Waals surface area contributed by atoms with Crippen molar-refractivity contribution in [3.8, 4) is 0 Å². The van der Waals surface area contributed by atoms with Crippen molar-refractivity contribution in [3.05, 3.63) is 41.5 Å². The lowest BCUT2D eigenvalue weighted by Crippen LogP contribution is -2.31. The summed E-state index contributed by atoms with van der Waals surface area (Å²) in [5.41, 5.74) is 2.41. The molecule has 1 aromatic rings. The molecular weight excluding hydrogens is 292 g/mol. The third-order valence-electron chi connectivity index (χ3n) is 3.93. The van der Waals surface area contributed by atoms with Crippen molar-refractivity contribution in [3.63, 3.8) is 0 Å². The number of rotatable bonds is 5. The van der Waals surface area contributed by atoms with Crippen molar-refractivity contribution in [2.24, 2.45) is 0 Å². The van der Waals surface area contributed by atoms with Crippen molar-refractivity contribution in [1.29, 1.82) is 0 Å². The first-order valence-electron chi connectivity index (χ1n) is 8.05. The summed E-state index contributed by atoms with van der Waals surface area (Å²) in [5, 5.41) is 11.8. The second-order valence-corrected chi connectivity index (χ2v) is 5.95. The van der Waals surface area contributed by atoms with Crippen LogP contribution in [0.1, 0.15) is 29.6 Å². The van der Waals surface area contributed by atoms with E-state index in [1.54, 1.807) is 24.3 Å². The summed E-state index contributed by atoms with van der Waals surface area (Å²) in [5.74, 6) is -0.129. The van der Waals surface area contributed by atoms with Crippen LogP contribution in [0.4, 0.5) is 10.5 Å². The largest absolute Gasteiger partial charge is 0.348 e. The van der Waals surface area contributed by atoms with Gasteiger partial charge in [0.15, 0.2) is 0 Å². The van der Waals surface area contributed by atoms with Crippen LogP contribution in [-0.2, 0) is 0 Å². The molecule has 23 heavy (non-hydrogen) atoms. The van der Waals surface area contributed by atoms with Gasteiger partial charge in [-0.25, -0.2) is 4.79 Å². The second-order valence-electron chi connectivity index (χ2n) is 5.95. The standard InChI is InChI=1S/C17H22N4O2/c22-16(19-11-12-6-8-18-9-7-12)13-2-1-3-15(10-13)21-17(23)20-14-4-5-14/h1-3,6,10,14,18H,4-5,7-9,11H2,(H,19,22)(H2,20,21,23). The maximum Gasteiger partial charge on any atom is 0.319 e. The van der Waals surface area contributed by atoms with Crippen molar-refractivity contribution in [2.45, 2.75) is 25.3 Å². The molecule has 6 nitrogen and oxygen atoms in total. The SMILES string of the molecule is O=C(Nc1cccc(C(=O)NCC2=CCNCC2)c1)NC1CC1. The van der Waals surface area contributed by atoms with Crippen LogP contribution in [-0.4, -0.2) is 37.6 Å². The highest BCUT2D eigenvalue weighted by Gasteiger charge is 2.23. The van der Waals surface area contributed by atoms with Gasteiger partial charge in [-0.1, -0.05) is 17.7 Å². The van der Waals surface area contributed by atoms with E-state index in [1.165, 1.54) is 5.57 Å². The number of hydrogen-bond donors (Lipinski definition) is 4. The first-order valence-corrected chi connectivity index (χ1v) is 8.05. The minimum absolute atomic E-state index is 0.129. The number of urea groups is 1. The van der Waals surface area contributed by atoms with Crippen LogP contribution in [0.15, 0.2) is 35.9 Å². The Morgan fingerprint density at radius 3 is 2.87 bits per heavy atom. The molecule has 0 radical (unpaired) electrons. The molecule has 1 aliphatic carbocycles. The smallest absolute Gasteiger partial charge is 0.319 e. The van der Waals surface area contributed by atoms with Gasteiger partial charge in [-0.2, -0.15) is 0 Å². The van der Waals surface area contributed by atoms with Gasteiger partial charge in [0, 0.05) is 30.4 Å². The predicted octanol–water partition coefficient (Wildman–Crippen LogP) is 1.62. The Balaban J connectivity index is 1.53. The Kier molecular flexibility index (Phi) is 4.92. The summed E-state index contributed by atoms with van der Waals surface area (Å²) >= 11 is 0. The molecule has 0 atom stereocenters. The average molecular weight is 314 g/mol. The highest BCUT2D eigenvalue weighted by molar-refractivity contribution is 5.97. The van der Waals surface area contributed by atoms with Crippen molar-refractivity contribution >= 4 is 17.6 Å². The quantitative estimate of drug-likeness (QED) is 0.623. The first kappa shape index (κ1) is 15.6. The van der Waals surface area contributed by atoms with E-state index in [0.29, 0.717) is 23.8 Å². The second kappa shape index (κ2) is 7.28. The van der Waals surface area contributed by atoms with Gasteiger partial charge in [0.25, 0.3) is 5.91 Å². The first-order chi connectivity index (χ1) is 11.2. The molecule has 1 aromatic carbocycles. The third kappa shape index (κ3) is 4.82. The maximum atomic E-state index is 12.2. The van der Waals surface area contributed by atoms with Crippen LogP contribution >= 0.6 is 0 Å². The zero-order chi connectivity index (χ0) is 16.1. The number of benzene rings is 1. The van der Waals surface area contributed by atoms with Crippen LogP contribution in [0.5, 0.6) is 0 Å². The zero-order valence-electron chi connectivity index (χ0n) is 13.0. The lowest BCUT2D eigenvalue weighted by Gasteiger charge is -2.15. The molecule has 0 aromatic heterocycles. The average Bonchev–Trinajstić information content (AvgIpc) is 3.37. The molecule has 1 fully saturated rings. The van der Waals surface area contributed by atoms with E-state index in [4.69, 9.17) is 0 Å². The van der Waals surface area contributed by atoms with E-state index in [0.717, 1.165) is 32.4 Å². The zero-order valence-corrected chi connectivity index (χ0v) is 13.0. The van der Waals surface area contributed by atoms with E-state index in [-0.39, 0.29) is 11.9 Å². The third-order valence-corrected chi connectivity index (χ3v) is 3.93. The minimum atomic E-state index is -0.218. The molecule has 3 amide bonds. The number of anilines is 1. The van der Waals surface area contributed by atoms with Gasteiger partial charge in [0.05, 0.1) is 0 Å². The summed E-state index contributed by atoms with van der Waals surface area (Å²) in [6.07, 6.45) is 5.16.